The summed E-state index contributed by atoms with van der Waals surface area (Å²) in [4.78, 5) is 14.6. The van der Waals surface area contributed by atoms with Gasteiger partial charge in [-0.15, -0.1) is 0 Å². The van der Waals surface area contributed by atoms with Crippen LogP contribution in [0.2, 0.25) is 0 Å². The molecule has 0 aromatic heterocycles. The summed E-state index contributed by atoms with van der Waals surface area (Å²) in [7, 11) is 0. The van der Waals surface area contributed by atoms with Crippen molar-refractivity contribution < 1.29 is 9.18 Å². The molecule has 1 unspecified atom stereocenters. The van der Waals surface area contributed by atoms with Crippen molar-refractivity contribution in [2.45, 2.75) is 64.3 Å². The normalized spacial score (nSPS) is 18.5. The Balaban J connectivity index is 1.62. The lowest BCUT2D eigenvalue weighted by atomic mass is 9.84. The summed E-state index contributed by atoms with van der Waals surface area (Å²) >= 11 is 0. The number of hydrogen-bond donors (Lipinski definition) is 2. The predicted molar refractivity (Wildman–Crippen MR) is 105 cm³/mol. The Kier molecular flexibility index (Phi) is 7.88. The van der Waals surface area contributed by atoms with E-state index in [0.717, 1.165) is 19.4 Å². The minimum absolute atomic E-state index is 0.180. The topological polar surface area (TPSA) is 44.4 Å². The third-order valence-corrected chi connectivity index (χ3v) is 5.39. The van der Waals surface area contributed by atoms with Gasteiger partial charge < -0.3 is 15.5 Å². The number of amides is 2. The van der Waals surface area contributed by atoms with Gasteiger partial charge in [-0.2, -0.15) is 0 Å². The lowest BCUT2D eigenvalue weighted by Gasteiger charge is -2.33. The Morgan fingerprint density at radius 3 is 2.73 bits per heavy atom. The molecule has 1 atom stereocenters. The van der Waals surface area contributed by atoms with Crippen LogP contribution in [-0.2, 0) is 5.41 Å². The maximum Gasteiger partial charge on any atom is 0.314 e. The number of rotatable bonds is 8. The number of piperidine rings is 1. The van der Waals surface area contributed by atoms with E-state index in [9.17, 15) is 9.18 Å². The summed E-state index contributed by atoms with van der Waals surface area (Å²) in [6.07, 6.45) is 6.04. The van der Waals surface area contributed by atoms with Crippen molar-refractivity contribution in [3.8, 4) is 0 Å². The fraction of sp³-hybridized carbons (Fsp3) is 0.667. The van der Waals surface area contributed by atoms with Gasteiger partial charge in [-0.25, -0.2) is 9.18 Å². The predicted octanol–water partition coefficient (Wildman–Crippen LogP) is 4.06. The van der Waals surface area contributed by atoms with Gasteiger partial charge in [0.1, 0.15) is 5.82 Å². The Morgan fingerprint density at radius 2 is 2.00 bits per heavy atom. The molecule has 0 radical (unpaired) electrons. The number of nitrogens with zero attached hydrogens (tertiary/aromatic N) is 1. The first-order valence-corrected chi connectivity index (χ1v) is 9.91. The van der Waals surface area contributed by atoms with Gasteiger partial charge in [0, 0.05) is 24.5 Å². The second-order valence-electron chi connectivity index (χ2n) is 8.06. The number of likely N-dealkylation sites (tertiary alicyclic amines) is 1. The zero-order valence-electron chi connectivity index (χ0n) is 16.5. The summed E-state index contributed by atoms with van der Waals surface area (Å²) in [5, 5.41) is 5.78. The largest absolute Gasteiger partial charge is 0.338 e. The average molecular weight is 364 g/mol. The zero-order chi connectivity index (χ0) is 19.0. The van der Waals surface area contributed by atoms with E-state index in [2.05, 4.69) is 22.5 Å². The number of carbonyl (C=O) groups excluding carboxylic acids is 1. The zero-order valence-corrected chi connectivity index (χ0v) is 16.5. The molecule has 1 aliphatic heterocycles. The van der Waals surface area contributed by atoms with Crippen LogP contribution < -0.4 is 10.6 Å². The number of benzene rings is 1. The molecule has 2 rings (SSSR count). The van der Waals surface area contributed by atoms with Gasteiger partial charge >= 0.3 is 6.03 Å². The molecule has 26 heavy (non-hydrogen) atoms. The molecule has 1 aromatic rings. The van der Waals surface area contributed by atoms with Crippen LogP contribution in [0.1, 0.15) is 58.4 Å². The van der Waals surface area contributed by atoms with Crippen molar-refractivity contribution in [3.05, 3.63) is 35.6 Å². The molecule has 2 amide bonds. The minimum atomic E-state index is -0.451. The smallest absolute Gasteiger partial charge is 0.314 e. The van der Waals surface area contributed by atoms with E-state index in [1.165, 1.54) is 31.9 Å². The fourth-order valence-corrected chi connectivity index (χ4v) is 3.60. The molecule has 1 fully saturated rings. The van der Waals surface area contributed by atoms with Gasteiger partial charge in [0.2, 0.25) is 0 Å². The van der Waals surface area contributed by atoms with Gasteiger partial charge in [-0.1, -0.05) is 38.5 Å². The van der Waals surface area contributed by atoms with Gasteiger partial charge in [0.15, 0.2) is 0 Å². The van der Waals surface area contributed by atoms with Gasteiger partial charge in [0.25, 0.3) is 0 Å². The lowest BCUT2D eigenvalue weighted by molar-refractivity contribution is 0.158. The summed E-state index contributed by atoms with van der Waals surface area (Å²) < 4.78 is 13.9. The molecule has 2 N–H and O–H groups in total. The van der Waals surface area contributed by atoms with E-state index in [-0.39, 0.29) is 11.8 Å². The van der Waals surface area contributed by atoms with E-state index in [0.29, 0.717) is 24.7 Å². The van der Waals surface area contributed by atoms with Crippen LogP contribution in [0, 0.1) is 5.82 Å². The number of carbonyl (C=O) groups is 1. The van der Waals surface area contributed by atoms with Crippen molar-refractivity contribution in [1.29, 1.82) is 0 Å². The van der Waals surface area contributed by atoms with Crippen LogP contribution in [0.25, 0.3) is 0 Å². The lowest BCUT2D eigenvalue weighted by Crippen LogP contribution is -2.43. The number of halogens is 1. The molecule has 4 nitrogen and oxygen atoms in total. The molecule has 1 aliphatic rings. The number of hydrogen-bond acceptors (Lipinski definition) is 2. The molecule has 5 heteroatoms. The first-order chi connectivity index (χ1) is 12.4. The molecule has 146 valence electrons. The molecule has 0 aliphatic carbocycles. The molecule has 0 spiro atoms. The van der Waals surface area contributed by atoms with E-state index in [1.807, 2.05) is 19.9 Å². The van der Waals surface area contributed by atoms with Gasteiger partial charge in [-0.05, 0) is 57.3 Å². The highest BCUT2D eigenvalue weighted by Crippen LogP contribution is 2.24. The number of nitrogens with one attached hydrogen (secondary N) is 2. The SMILES string of the molecule is CC1CCCCN1CCCCNC(=O)NCC(C)(C)c1ccccc1F. The Labute approximate surface area is 157 Å². The number of unbranched alkanes of at least 4 members (excludes halogenated alkanes) is 1. The molecule has 0 bridgehead atoms. The quantitative estimate of drug-likeness (QED) is 0.684. The van der Waals surface area contributed by atoms with Crippen LogP contribution in [0.3, 0.4) is 0 Å². The van der Waals surface area contributed by atoms with Crippen LogP contribution in [0.15, 0.2) is 24.3 Å². The third kappa shape index (κ3) is 6.27. The maximum atomic E-state index is 13.9. The highest BCUT2D eigenvalue weighted by Gasteiger charge is 2.24. The van der Waals surface area contributed by atoms with Crippen LogP contribution in [-0.4, -0.2) is 43.2 Å². The Bertz CT molecular complexity index is 576. The van der Waals surface area contributed by atoms with Crippen molar-refractivity contribution in [2.24, 2.45) is 0 Å². The van der Waals surface area contributed by atoms with Crippen molar-refractivity contribution in [3.63, 3.8) is 0 Å². The fourth-order valence-electron chi connectivity index (χ4n) is 3.60. The highest BCUT2D eigenvalue weighted by molar-refractivity contribution is 5.73. The minimum Gasteiger partial charge on any atom is -0.338 e. The van der Waals surface area contributed by atoms with Crippen molar-refractivity contribution >= 4 is 6.03 Å². The van der Waals surface area contributed by atoms with Gasteiger partial charge in [0.05, 0.1) is 0 Å². The summed E-state index contributed by atoms with van der Waals surface area (Å²) in [6.45, 7) is 9.57. The first kappa shape index (κ1) is 20.7. The van der Waals surface area contributed by atoms with E-state index in [4.69, 9.17) is 0 Å². The van der Waals surface area contributed by atoms with E-state index < -0.39 is 5.41 Å². The monoisotopic (exact) mass is 363 g/mol. The number of urea groups is 1. The molecule has 1 saturated heterocycles. The standard InChI is InChI=1S/C21H34FN3O/c1-17-10-6-8-14-25(17)15-9-7-13-23-20(26)24-16-21(2,3)18-11-4-5-12-19(18)22/h4-5,11-12,17H,6-10,13-16H2,1-3H3,(H2,23,24,26). The average Bonchev–Trinajstić information content (AvgIpc) is 2.61. The summed E-state index contributed by atoms with van der Waals surface area (Å²) in [5.74, 6) is -0.230. The van der Waals surface area contributed by atoms with Crippen LogP contribution >= 0.6 is 0 Å². The summed E-state index contributed by atoms with van der Waals surface area (Å²) in [6, 6.07) is 7.25. The maximum absolute atomic E-state index is 13.9. The molecule has 0 saturated carbocycles. The third-order valence-electron chi connectivity index (χ3n) is 5.39. The molecule has 1 aromatic carbocycles. The highest BCUT2D eigenvalue weighted by atomic mass is 19.1. The van der Waals surface area contributed by atoms with E-state index in [1.54, 1.807) is 12.1 Å². The Morgan fingerprint density at radius 1 is 1.23 bits per heavy atom. The van der Waals surface area contributed by atoms with E-state index >= 15 is 0 Å². The van der Waals surface area contributed by atoms with Gasteiger partial charge in [-0.3, -0.25) is 0 Å². The first-order valence-electron chi connectivity index (χ1n) is 9.91. The molecular weight excluding hydrogens is 329 g/mol. The van der Waals surface area contributed by atoms with Crippen LogP contribution in [0.5, 0.6) is 0 Å². The molecule has 1 heterocycles. The Hall–Kier alpha value is -1.62. The van der Waals surface area contributed by atoms with Crippen molar-refractivity contribution in [1.82, 2.24) is 15.5 Å². The molecular formula is C21H34FN3O. The van der Waals surface area contributed by atoms with Crippen molar-refractivity contribution in [2.75, 3.05) is 26.2 Å². The summed E-state index contributed by atoms with van der Waals surface area (Å²) in [5.41, 5.74) is 0.170. The second kappa shape index (κ2) is 9.91. The van der Waals surface area contributed by atoms with Crippen LogP contribution in [0.4, 0.5) is 9.18 Å². The second-order valence-corrected chi connectivity index (χ2v) is 8.06.